The van der Waals surface area contributed by atoms with Crippen LogP contribution in [0.2, 0.25) is 0 Å². The lowest BCUT2D eigenvalue weighted by molar-refractivity contribution is 0.0194. The fourth-order valence-corrected chi connectivity index (χ4v) is 3.82. The van der Waals surface area contributed by atoms with E-state index in [4.69, 9.17) is 14.6 Å². The minimum absolute atomic E-state index is 0.280. The number of anilines is 1. The Hall–Kier alpha value is -3.23. The molecule has 3 heterocycles. The van der Waals surface area contributed by atoms with E-state index >= 15 is 0 Å². The molecule has 2 amide bonds. The highest BCUT2D eigenvalue weighted by atomic mass is 16.6. The molecule has 9 nitrogen and oxygen atoms in total. The minimum atomic E-state index is -0.512. The van der Waals surface area contributed by atoms with E-state index in [1.807, 2.05) is 61.9 Å². The van der Waals surface area contributed by atoms with Crippen LogP contribution in [-0.2, 0) is 29.2 Å². The van der Waals surface area contributed by atoms with Crippen LogP contribution in [0.1, 0.15) is 32.0 Å². The van der Waals surface area contributed by atoms with Crippen molar-refractivity contribution in [2.75, 3.05) is 37.6 Å². The predicted octanol–water partition coefficient (Wildman–Crippen LogP) is 3.09. The van der Waals surface area contributed by atoms with E-state index < -0.39 is 5.60 Å². The van der Waals surface area contributed by atoms with Crippen LogP contribution < -0.4 is 4.90 Å². The molecule has 0 unspecified atom stereocenters. The van der Waals surface area contributed by atoms with Crippen molar-refractivity contribution >= 4 is 18.0 Å². The van der Waals surface area contributed by atoms with Crippen LogP contribution in [0.15, 0.2) is 36.4 Å². The molecule has 0 aliphatic carbocycles. The number of fused-ring (bicyclic) bond motifs is 1. The van der Waals surface area contributed by atoms with Gasteiger partial charge in [0.1, 0.15) is 12.2 Å². The van der Waals surface area contributed by atoms with Gasteiger partial charge in [-0.25, -0.2) is 9.59 Å². The van der Waals surface area contributed by atoms with E-state index in [1.165, 1.54) is 0 Å². The van der Waals surface area contributed by atoms with Gasteiger partial charge in [0.05, 0.1) is 18.8 Å². The molecule has 2 aliphatic heterocycles. The van der Waals surface area contributed by atoms with E-state index in [1.54, 1.807) is 9.80 Å². The second-order valence-electron chi connectivity index (χ2n) is 9.13. The van der Waals surface area contributed by atoms with Crippen molar-refractivity contribution in [3.05, 3.63) is 47.7 Å². The third-order valence-electron chi connectivity index (χ3n) is 5.50. The summed E-state index contributed by atoms with van der Waals surface area (Å²) in [5.41, 5.74) is 1.45. The smallest absolute Gasteiger partial charge is 0.410 e. The Kier molecular flexibility index (Phi) is 6.25. The maximum Gasteiger partial charge on any atom is 0.410 e. The molecule has 2 aromatic rings. The fraction of sp³-hybridized carbons (Fsp3) is 0.522. The minimum Gasteiger partial charge on any atom is -0.445 e. The Bertz CT molecular complexity index is 945. The van der Waals surface area contributed by atoms with Gasteiger partial charge in [-0.05, 0) is 26.3 Å². The van der Waals surface area contributed by atoms with Crippen LogP contribution in [-0.4, -0.2) is 70.1 Å². The quantitative estimate of drug-likeness (QED) is 0.728. The van der Waals surface area contributed by atoms with E-state index in [2.05, 4.69) is 4.90 Å². The van der Waals surface area contributed by atoms with E-state index in [9.17, 15) is 9.59 Å². The van der Waals surface area contributed by atoms with Gasteiger partial charge in [-0.1, -0.05) is 30.3 Å². The number of amides is 2. The molecule has 1 aromatic carbocycles. The molecule has 0 atom stereocenters. The zero-order valence-corrected chi connectivity index (χ0v) is 19.0. The van der Waals surface area contributed by atoms with Crippen LogP contribution in [0.5, 0.6) is 0 Å². The van der Waals surface area contributed by atoms with Crippen LogP contribution >= 0.6 is 0 Å². The van der Waals surface area contributed by atoms with Gasteiger partial charge in [0.15, 0.2) is 5.82 Å². The first-order valence-electron chi connectivity index (χ1n) is 11.0. The summed E-state index contributed by atoms with van der Waals surface area (Å²) in [7, 11) is 0. The van der Waals surface area contributed by atoms with E-state index in [-0.39, 0.29) is 18.8 Å². The van der Waals surface area contributed by atoms with Gasteiger partial charge in [-0.3, -0.25) is 4.68 Å². The normalized spacial score (nSPS) is 16.5. The lowest BCUT2D eigenvalue weighted by Crippen LogP contribution is -2.49. The van der Waals surface area contributed by atoms with Crippen LogP contribution in [0.25, 0.3) is 0 Å². The molecule has 0 saturated carbocycles. The van der Waals surface area contributed by atoms with Crippen molar-refractivity contribution < 1.29 is 19.1 Å². The number of carbonyl (C=O) groups is 2. The number of piperazine rings is 1. The molecule has 0 bridgehead atoms. The van der Waals surface area contributed by atoms with Crippen LogP contribution in [0.4, 0.5) is 15.4 Å². The molecule has 4 rings (SSSR count). The molecule has 2 aliphatic rings. The predicted molar refractivity (Wildman–Crippen MR) is 119 cm³/mol. The summed E-state index contributed by atoms with van der Waals surface area (Å²) in [4.78, 5) is 30.4. The lowest BCUT2D eigenvalue weighted by Gasteiger charge is -2.34. The molecule has 1 fully saturated rings. The highest BCUT2D eigenvalue weighted by Gasteiger charge is 2.29. The molecule has 0 radical (unpaired) electrons. The molecule has 172 valence electrons. The van der Waals surface area contributed by atoms with Crippen molar-refractivity contribution in [2.45, 2.75) is 46.1 Å². The molecule has 9 heteroatoms. The number of rotatable bonds is 3. The van der Waals surface area contributed by atoms with Gasteiger partial charge in [0.2, 0.25) is 0 Å². The molecule has 1 aromatic heterocycles. The molecule has 1 saturated heterocycles. The van der Waals surface area contributed by atoms with Gasteiger partial charge < -0.3 is 24.2 Å². The van der Waals surface area contributed by atoms with Crippen molar-refractivity contribution in [1.82, 2.24) is 19.6 Å². The number of aromatic nitrogens is 2. The Labute approximate surface area is 188 Å². The topological polar surface area (TPSA) is 80.1 Å². The van der Waals surface area contributed by atoms with Crippen molar-refractivity contribution in [1.29, 1.82) is 0 Å². The first-order chi connectivity index (χ1) is 15.3. The highest BCUT2D eigenvalue weighted by molar-refractivity contribution is 5.69. The largest absolute Gasteiger partial charge is 0.445 e. The second-order valence-corrected chi connectivity index (χ2v) is 9.13. The number of hydrogen-bond donors (Lipinski definition) is 0. The van der Waals surface area contributed by atoms with Crippen LogP contribution in [0.3, 0.4) is 0 Å². The lowest BCUT2D eigenvalue weighted by atomic mass is 10.2. The summed E-state index contributed by atoms with van der Waals surface area (Å²) in [5.74, 6) is 0.878. The summed E-state index contributed by atoms with van der Waals surface area (Å²) in [5, 5.41) is 4.72. The monoisotopic (exact) mass is 441 g/mol. The Morgan fingerprint density at radius 2 is 1.62 bits per heavy atom. The summed E-state index contributed by atoms with van der Waals surface area (Å²) < 4.78 is 12.9. The first kappa shape index (κ1) is 22.0. The highest BCUT2D eigenvalue weighted by Crippen LogP contribution is 2.22. The van der Waals surface area contributed by atoms with Crippen molar-refractivity contribution in [3.63, 3.8) is 0 Å². The van der Waals surface area contributed by atoms with Gasteiger partial charge in [0.25, 0.3) is 0 Å². The Morgan fingerprint density at radius 3 is 2.31 bits per heavy atom. The number of ether oxygens (including phenoxy) is 2. The summed E-state index contributed by atoms with van der Waals surface area (Å²) in [6, 6.07) is 11.7. The van der Waals surface area contributed by atoms with Crippen LogP contribution in [0, 0.1) is 0 Å². The Morgan fingerprint density at radius 1 is 0.938 bits per heavy atom. The van der Waals surface area contributed by atoms with Crippen molar-refractivity contribution in [2.24, 2.45) is 0 Å². The summed E-state index contributed by atoms with van der Waals surface area (Å²) in [6.07, 6.45) is -0.584. The molecule has 0 N–H and O–H groups in total. The SMILES string of the molecule is CC(C)(C)OC(=O)N1CCn2nc(N3CCN(C(=O)OCc4ccccc4)CC3)cc2C1. The molecular weight excluding hydrogens is 410 g/mol. The zero-order chi connectivity index (χ0) is 22.7. The summed E-state index contributed by atoms with van der Waals surface area (Å²) in [6.45, 7) is 10.1. The Balaban J connectivity index is 1.28. The number of hydrogen-bond acceptors (Lipinski definition) is 6. The molecular formula is C23H31N5O4. The van der Waals surface area contributed by atoms with Crippen molar-refractivity contribution in [3.8, 4) is 0 Å². The number of nitrogens with zero attached hydrogens (tertiary/aromatic N) is 5. The van der Waals surface area contributed by atoms with Gasteiger partial charge >= 0.3 is 12.2 Å². The second kappa shape index (κ2) is 9.10. The van der Waals surface area contributed by atoms with E-state index in [0.29, 0.717) is 45.8 Å². The number of carbonyl (C=O) groups excluding carboxylic acids is 2. The molecule has 32 heavy (non-hydrogen) atoms. The average Bonchev–Trinajstić information content (AvgIpc) is 3.20. The van der Waals surface area contributed by atoms with E-state index in [0.717, 1.165) is 17.1 Å². The third-order valence-corrected chi connectivity index (χ3v) is 5.50. The van der Waals surface area contributed by atoms with Gasteiger partial charge in [0, 0.05) is 38.8 Å². The standard InChI is InChI=1S/C23H31N5O4/c1-23(2,3)32-22(30)27-13-14-28-19(16-27)15-20(24-28)25-9-11-26(12-10-25)21(29)31-17-18-7-5-4-6-8-18/h4-8,15H,9-14,16-17H2,1-3H3. The maximum absolute atomic E-state index is 12.4. The van der Waals surface area contributed by atoms with Gasteiger partial charge in [-0.2, -0.15) is 5.10 Å². The maximum atomic E-state index is 12.4. The zero-order valence-electron chi connectivity index (χ0n) is 19.0. The fourth-order valence-electron chi connectivity index (χ4n) is 3.82. The first-order valence-corrected chi connectivity index (χ1v) is 11.0. The third kappa shape index (κ3) is 5.33. The van der Waals surface area contributed by atoms with Gasteiger partial charge in [-0.15, -0.1) is 0 Å². The summed E-state index contributed by atoms with van der Waals surface area (Å²) >= 11 is 0. The molecule has 0 spiro atoms. The average molecular weight is 442 g/mol. The number of benzene rings is 1.